The van der Waals surface area contributed by atoms with Crippen molar-refractivity contribution in [2.24, 2.45) is 11.0 Å². The smallest absolute Gasteiger partial charge is 0.405 e. The van der Waals surface area contributed by atoms with Crippen LogP contribution in [0, 0.1) is 17.2 Å². The Morgan fingerprint density at radius 3 is 2.54 bits per heavy atom. The van der Waals surface area contributed by atoms with Crippen LogP contribution < -0.4 is 10.5 Å². The number of anilines is 1. The average Bonchev–Trinajstić information content (AvgIpc) is 3.33. The van der Waals surface area contributed by atoms with Gasteiger partial charge in [-0.2, -0.15) is 10.4 Å². The molecule has 26 heavy (non-hydrogen) atoms. The molecule has 8 heteroatoms. The predicted octanol–water partition coefficient (Wildman–Crippen LogP) is 1.36. The van der Waals surface area contributed by atoms with Crippen LogP contribution in [0.5, 0.6) is 0 Å². The maximum atomic E-state index is 9.26. The first kappa shape index (κ1) is 16.7. The van der Waals surface area contributed by atoms with E-state index in [4.69, 9.17) is 14.4 Å². The zero-order chi connectivity index (χ0) is 17.9. The van der Waals surface area contributed by atoms with Gasteiger partial charge in [0.2, 0.25) is 0 Å². The van der Waals surface area contributed by atoms with Crippen molar-refractivity contribution in [3.63, 3.8) is 0 Å². The third kappa shape index (κ3) is 3.07. The minimum absolute atomic E-state index is 0.0522. The molecule has 2 aromatic rings. The molecule has 4 rings (SSSR count). The topological polar surface area (TPSA) is 83.6 Å². The Balaban J connectivity index is 1.64. The highest BCUT2D eigenvalue weighted by Crippen LogP contribution is 2.31. The van der Waals surface area contributed by atoms with Gasteiger partial charge in [0.15, 0.2) is 5.82 Å². The van der Waals surface area contributed by atoms with Gasteiger partial charge in [-0.25, -0.2) is 9.97 Å². The number of nitriles is 1. The molecule has 1 fully saturated rings. The molecular weight excluding hydrogens is 329 g/mol. The summed E-state index contributed by atoms with van der Waals surface area (Å²) >= 11 is 0. The summed E-state index contributed by atoms with van der Waals surface area (Å²) in [5.41, 5.74) is 2.70. The van der Waals surface area contributed by atoms with Crippen molar-refractivity contribution in [1.29, 1.82) is 5.26 Å². The Bertz CT molecular complexity index is 831. The van der Waals surface area contributed by atoms with Gasteiger partial charge in [0.1, 0.15) is 5.71 Å². The molecule has 0 radical (unpaired) electrons. The molecule has 0 N–H and O–H groups in total. The summed E-state index contributed by atoms with van der Waals surface area (Å²) in [6.45, 7) is 3.29. The van der Waals surface area contributed by atoms with Crippen LogP contribution in [0.25, 0.3) is 0 Å². The molecule has 2 unspecified atom stereocenters. The SMILES string of the molecule is CC1C(c2ncccn2)=NN(c2ccc(B3OCCO3)cc2)C1CC#N. The van der Waals surface area contributed by atoms with Gasteiger partial charge < -0.3 is 9.31 Å². The van der Waals surface area contributed by atoms with Crippen LogP contribution in [0.4, 0.5) is 5.69 Å². The molecule has 3 heterocycles. The summed E-state index contributed by atoms with van der Waals surface area (Å²) in [6, 6.07) is 11.9. The fourth-order valence-corrected chi connectivity index (χ4v) is 3.30. The molecule has 0 saturated carbocycles. The second kappa shape index (κ2) is 7.24. The quantitative estimate of drug-likeness (QED) is 0.777. The number of benzene rings is 1. The van der Waals surface area contributed by atoms with Gasteiger partial charge in [0.05, 0.1) is 37.4 Å². The maximum Gasteiger partial charge on any atom is 0.494 e. The van der Waals surface area contributed by atoms with Gasteiger partial charge in [0.25, 0.3) is 0 Å². The second-order valence-corrected chi connectivity index (χ2v) is 6.29. The van der Waals surface area contributed by atoms with Crippen molar-refractivity contribution in [2.75, 3.05) is 18.2 Å². The minimum atomic E-state index is -0.298. The lowest BCUT2D eigenvalue weighted by Gasteiger charge is -2.24. The first-order chi connectivity index (χ1) is 12.8. The number of hydrazone groups is 1. The number of hydrogen-bond acceptors (Lipinski definition) is 7. The lowest BCUT2D eigenvalue weighted by Crippen LogP contribution is -2.33. The van der Waals surface area contributed by atoms with Gasteiger partial charge in [0, 0.05) is 18.3 Å². The number of nitrogens with zero attached hydrogens (tertiary/aromatic N) is 5. The van der Waals surface area contributed by atoms with Crippen LogP contribution in [0.2, 0.25) is 0 Å². The molecule has 1 saturated heterocycles. The fraction of sp³-hybridized carbons (Fsp3) is 0.333. The third-order valence-corrected chi connectivity index (χ3v) is 4.68. The lowest BCUT2D eigenvalue weighted by molar-refractivity contribution is 0.365. The first-order valence-corrected chi connectivity index (χ1v) is 8.63. The van der Waals surface area contributed by atoms with E-state index in [9.17, 15) is 5.26 Å². The normalized spacial score (nSPS) is 22.4. The van der Waals surface area contributed by atoms with Gasteiger partial charge in [-0.15, -0.1) is 0 Å². The van der Waals surface area contributed by atoms with Crippen LogP contribution in [0.15, 0.2) is 47.8 Å². The molecule has 2 atom stereocenters. The molecule has 1 aromatic heterocycles. The zero-order valence-corrected chi connectivity index (χ0v) is 14.4. The predicted molar refractivity (Wildman–Crippen MR) is 98.0 cm³/mol. The highest BCUT2D eigenvalue weighted by Gasteiger charge is 2.37. The zero-order valence-electron chi connectivity index (χ0n) is 14.4. The van der Waals surface area contributed by atoms with Crippen LogP contribution in [-0.2, 0) is 9.31 Å². The van der Waals surface area contributed by atoms with E-state index in [1.807, 2.05) is 29.3 Å². The Morgan fingerprint density at radius 1 is 1.19 bits per heavy atom. The Kier molecular flexibility index (Phi) is 4.65. The minimum Gasteiger partial charge on any atom is -0.405 e. The maximum absolute atomic E-state index is 9.26. The lowest BCUT2D eigenvalue weighted by atomic mass is 9.79. The van der Waals surface area contributed by atoms with Gasteiger partial charge >= 0.3 is 7.12 Å². The molecule has 2 aliphatic rings. The largest absolute Gasteiger partial charge is 0.494 e. The fourth-order valence-electron chi connectivity index (χ4n) is 3.30. The van der Waals surface area contributed by atoms with Crippen molar-refractivity contribution in [3.05, 3.63) is 48.5 Å². The number of hydrogen-bond donors (Lipinski definition) is 0. The Labute approximate surface area is 152 Å². The molecule has 7 nitrogen and oxygen atoms in total. The van der Waals surface area contributed by atoms with Crippen molar-refractivity contribution in [1.82, 2.24) is 9.97 Å². The summed E-state index contributed by atoms with van der Waals surface area (Å²) in [5.74, 6) is 0.660. The van der Waals surface area contributed by atoms with Crippen molar-refractivity contribution < 1.29 is 9.31 Å². The van der Waals surface area contributed by atoms with Crippen LogP contribution in [0.1, 0.15) is 19.2 Å². The molecule has 2 aliphatic heterocycles. The standard InChI is InChI=1S/C18H18BN5O2/c1-13-16(7-8-20)24(23-17(13)18-21-9-2-10-22-18)15-5-3-14(4-6-15)19-25-11-12-26-19/h2-6,9-10,13,16H,7,11-12H2,1H3. The van der Waals surface area contributed by atoms with E-state index in [1.165, 1.54) is 0 Å². The van der Waals surface area contributed by atoms with Crippen molar-refractivity contribution in [3.8, 4) is 6.07 Å². The molecule has 0 amide bonds. The van der Waals surface area contributed by atoms with E-state index in [0.717, 1.165) is 16.9 Å². The van der Waals surface area contributed by atoms with Gasteiger partial charge in [-0.3, -0.25) is 5.01 Å². The van der Waals surface area contributed by atoms with Gasteiger partial charge in [-0.05, 0) is 23.7 Å². The Morgan fingerprint density at radius 2 is 1.88 bits per heavy atom. The second-order valence-electron chi connectivity index (χ2n) is 6.29. The average molecular weight is 347 g/mol. The van der Waals surface area contributed by atoms with E-state index in [-0.39, 0.29) is 19.1 Å². The molecule has 1 aromatic carbocycles. The van der Waals surface area contributed by atoms with E-state index < -0.39 is 0 Å². The van der Waals surface area contributed by atoms with Crippen LogP contribution in [-0.4, -0.2) is 42.1 Å². The van der Waals surface area contributed by atoms with Gasteiger partial charge in [-0.1, -0.05) is 19.1 Å². The van der Waals surface area contributed by atoms with E-state index in [2.05, 4.69) is 23.0 Å². The van der Waals surface area contributed by atoms with Crippen LogP contribution >= 0.6 is 0 Å². The molecule has 0 bridgehead atoms. The van der Waals surface area contributed by atoms with E-state index in [1.54, 1.807) is 18.5 Å². The first-order valence-electron chi connectivity index (χ1n) is 8.63. The molecular formula is C18H18BN5O2. The summed E-state index contributed by atoms with van der Waals surface area (Å²) in [5, 5.41) is 15.9. The third-order valence-electron chi connectivity index (χ3n) is 4.68. The van der Waals surface area contributed by atoms with Crippen LogP contribution in [0.3, 0.4) is 0 Å². The summed E-state index contributed by atoms with van der Waals surface area (Å²) in [7, 11) is -0.298. The summed E-state index contributed by atoms with van der Waals surface area (Å²) < 4.78 is 11.1. The van der Waals surface area contributed by atoms with Crippen molar-refractivity contribution >= 4 is 24.0 Å². The highest BCUT2D eigenvalue weighted by atomic mass is 16.6. The summed E-state index contributed by atoms with van der Waals surface area (Å²) in [6.07, 6.45) is 3.78. The molecule has 130 valence electrons. The monoisotopic (exact) mass is 347 g/mol. The van der Waals surface area contributed by atoms with E-state index >= 15 is 0 Å². The highest BCUT2D eigenvalue weighted by molar-refractivity contribution is 6.61. The molecule has 0 aliphatic carbocycles. The summed E-state index contributed by atoms with van der Waals surface area (Å²) in [4.78, 5) is 8.63. The Hall–Kier alpha value is -2.76. The van der Waals surface area contributed by atoms with Crippen molar-refractivity contribution in [2.45, 2.75) is 19.4 Å². The number of rotatable bonds is 4. The number of aromatic nitrogens is 2. The van der Waals surface area contributed by atoms with E-state index in [0.29, 0.717) is 25.5 Å². The molecule has 0 spiro atoms.